The molecule has 0 bridgehead atoms. The molecule has 0 aliphatic carbocycles. The largest absolute Gasteiger partial charge is 0.478 e. The highest BCUT2D eigenvalue weighted by atomic mass is 35.5. The molecular formula is C17H19ClN2O2S3. The van der Waals surface area contributed by atoms with Crippen LogP contribution in [0.2, 0.25) is 5.02 Å². The Morgan fingerprint density at radius 3 is 2.80 bits per heavy atom. The fourth-order valence-corrected chi connectivity index (χ4v) is 4.90. The molecule has 0 heterocycles. The van der Waals surface area contributed by atoms with Crippen molar-refractivity contribution in [2.45, 2.75) is 16.7 Å². The van der Waals surface area contributed by atoms with Crippen LogP contribution in [0.3, 0.4) is 0 Å². The number of hydrogen-bond acceptors (Lipinski definition) is 6. The molecule has 0 unspecified atom stereocenters. The molecule has 0 fully saturated rings. The number of benzene rings is 2. The first-order valence-corrected chi connectivity index (χ1v) is 10.8. The summed E-state index contributed by atoms with van der Waals surface area (Å²) in [6.45, 7) is 2.62. The number of nitrogen functional groups attached to an aromatic ring is 1. The van der Waals surface area contributed by atoms with Gasteiger partial charge in [0.1, 0.15) is 0 Å². The van der Waals surface area contributed by atoms with Crippen molar-refractivity contribution in [1.82, 2.24) is 4.72 Å². The number of halogens is 1. The zero-order chi connectivity index (χ0) is 18.2. The number of rotatable bonds is 9. The van der Waals surface area contributed by atoms with E-state index in [1.165, 1.54) is 11.9 Å². The van der Waals surface area contributed by atoms with Crippen LogP contribution in [0.4, 0.5) is 5.69 Å². The Bertz CT molecular complexity index is 744. The van der Waals surface area contributed by atoms with E-state index in [1.54, 1.807) is 30.8 Å². The van der Waals surface area contributed by atoms with Crippen molar-refractivity contribution in [1.29, 1.82) is 0 Å². The predicted octanol–water partition coefficient (Wildman–Crippen LogP) is 5.01. The highest BCUT2D eigenvalue weighted by Gasteiger charge is 2.08. The lowest BCUT2D eigenvalue weighted by Gasteiger charge is -2.07. The summed E-state index contributed by atoms with van der Waals surface area (Å²) in [7, 11) is 0. The van der Waals surface area contributed by atoms with Gasteiger partial charge in [0.05, 0.1) is 5.56 Å². The number of nitrogens with two attached hydrogens (primary N) is 1. The minimum atomic E-state index is -0.894. The third-order valence-corrected chi connectivity index (χ3v) is 6.63. The Morgan fingerprint density at radius 2 is 2.08 bits per heavy atom. The standard InChI is InChI=1S/C17H19ClN2O2S3/c1-11-2-4-13(9-14(11)17(21)22)25-20-6-7-23-10-24-16-5-3-12(18)8-15(16)19/h2-5,8-9,20H,6-7,10,19H2,1H3,(H,21,22). The number of carbonyl (C=O) groups is 1. The van der Waals surface area contributed by atoms with E-state index in [2.05, 4.69) is 4.72 Å². The molecule has 0 amide bonds. The van der Waals surface area contributed by atoms with Gasteiger partial charge in [-0.1, -0.05) is 17.7 Å². The highest BCUT2D eigenvalue weighted by Crippen LogP contribution is 2.30. The second kappa shape index (κ2) is 10.2. The molecule has 2 aromatic carbocycles. The third-order valence-electron chi connectivity index (χ3n) is 3.25. The van der Waals surface area contributed by atoms with Gasteiger partial charge in [-0.15, -0.1) is 23.5 Å². The number of aryl methyl sites for hydroxylation is 1. The molecule has 0 aliphatic heterocycles. The molecule has 8 heteroatoms. The second-order valence-electron chi connectivity index (χ2n) is 5.13. The number of carboxylic acids is 1. The van der Waals surface area contributed by atoms with Gasteiger partial charge < -0.3 is 10.8 Å². The van der Waals surface area contributed by atoms with Crippen molar-refractivity contribution in [2.24, 2.45) is 0 Å². The monoisotopic (exact) mass is 414 g/mol. The molecule has 134 valence electrons. The van der Waals surface area contributed by atoms with E-state index in [-0.39, 0.29) is 0 Å². The van der Waals surface area contributed by atoms with E-state index in [4.69, 9.17) is 22.4 Å². The van der Waals surface area contributed by atoms with Crippen molar-refractivity contribution in [3.8, 4) is 0 Å². The number of nitrogens with one attached hydrogen (secondary N) is 1. The predicted molar refractivity (Wildman–Crippen MR) is 111 cm³/mol. The quantitative estimate of drug-likeness (QED) is 0.175. The van der Waals surface area contributed by atoms with Crippen LogP contribution in [0.5, 0.6) is 0 Å². The normalized spacial score (nSPS) is 10.8. The van der Waals surface area contributed by atoms with Crippen LogP contribution in [-0.4, -0.2) is 28.5 Å². The molecule has 0 aliphatic rings. The summed E-state index contributed by atoms with van der Waals surface area (Å²) < 4.78 is 3.26. The van der Waals surface area contributed by atoms with E-state index in [0.29, 0.717) is 16.3 Å². The number of carboxylic acid groups (broad SMARTS) is 1. The minimum absolute atomic E-state index is 0.345. The lowest BCUT2D eigenvalue weighted by Crippen LogP contribution is -2.08. The van der Waals surface area contributed by atoms with Crippen LogP contribution in [0.15, 0.2) is 46.2 Å². The molecule has 0 aromatic heterocycles. The summed E-state index contributed by atoms with van der Waals surface area (Å²) >= 11 is 10.8. The Hall–Kier alpha value is -0.990. The van der Waals surface area contributed by atoms with E-state index < -0.39 is 5.97 Å². The molecular weight excluding hydrogens is 396 g/mol. The highest BCUT2D eigenvalue weighted by molar-refractivity contribution is 8.16. The van der Waals surface area contributed by atoms with Gasteiger partial charge in [0, 0.05) is 37.9 Å². The molecule has 0 saturated carbocycles. The smallest absolute Gasteiger partial charge is 0.335 e. The lowest BCUT2D eigenvalue weighted by atomic mass is 10.1. The summed E-state index contributed by atoms with van der Waals surface area (Å²) in [5.41, 5.74) is 7.74. The first-order valence-electron chi connectivity index (χ1n) is 7.46. The average Bonchev–Trinajstić information content (AvgIpc) is 2.56. The van der Waals surface area contributed by atoms with Gasteiger partial charge in [-0.2, -0.15) is 0 Å². The maximum absolute atomic E-state index is 11.1. The molecule has 0 spiro atoms. The van der Waals surface area contributed by atoms with Crippen LogP contribution in [-0.2, 0) is 0 Å². The first-order chi connectivity index (χ1) is 12.0. The van der Waals surface area contributed by atoms with Crippen LogP contribution in [0.1, 0.15) is 15.9 Å². The van der Waals surface area contributed by atoms with Crippen molar-refractivity contribution < 1.29 is 9.90 Å². The van der Waals surface area contributed by atoms with Gasteiger partial charge in [-0.05, 0) is 54.8 Å². The molecule has 4 nitrogen and oxygen atoms in total. The lowest BCUT2D eigenvalue weighted by molar-refractivity contribution is 0.0696. The zero-order valence-corrected chi connectivity index (χ0v) is 16.8. The second-order valence-corrected chi connectivity index (χ2v) is 9.02. The fourth-order valence-electron chi connectivity index (χ4n) is 1.96. The van der Waals surface area contributed by atoms with Crippen molar-refractivity contribution in [3.63, 3.8) is 0 Å². The summed E-state index contributed by atoms with van der Waals surface area (Å²) in [6, 6.07) is 11.0. The number of anilines is 1. The SMILES string of the molecule is Cc1ccc(SNCCSCSc2ccc(Cl)cc2N)cc1C(=O)O. The van der Waals surface area contributed by atoms with Crippen molar-refractivity contribution in [2.75, 3.05) is 23.1 Å². The molecule has 2 aromatic rings. The van der Waals surface area contributed by atoms with E-state index in [1.807, 2.05) is 36.0 Å². The maximum atomic E-state index is 11.1. The van der Waals surface area contributed by atoms with Crippen LogP contribution >= 0.6 is 47.1 Å². The molecule has 2 rings (SSSR count). The Kier molecular flexibility index (Phi) is 8.32. The zero-order valence-electron chi connectivity index (χ0n) is 13.6. The van der Waals surface area contributed by atoms with E-state index >= 15 is 0 Å². The van der Waals surface area contributed by atoms with Crippen LogP contribution < -0.4 is 10.5 Å². The Morgan fingerprint density at radius 1 is 1.28 bits per heavy atom. The first kappa shape index (κ1) is 20.3. The number of thioether (sulfide) groups is 2. The van der Waals surface area contributed by atoms with Gasteiger partial charge in [0.15, 0.2) is 0 Å². The fraction of sp³-hybridized carbons (Fsp3) is 0.235. The maximum Gasteiger partial charge on any atom is 0.335 e. The topological polar surface area (TPSA) is 75.3 Å². The molecule has 0 atom stereocenters. The third kappa shape index (κ3) is 6.67. The van der Waals surface area contributed by atoms with E-state index in [9.17, 15) is 4.79 Å². The minimum Gasteiger partial charge on any atom is -0.478 e. The van der Waals surface area contributed by atoms with E-state index in [0.717, 1.165) is 32.7 Å². The summed E-state index contributed by atoms with van der Waals surface area (Å²) in [5.74, 6) is 0.0551. The molecule has 25 heavy (non-hydrogen) atoms. The summed E-state index contributed by atoms with van der Waals surface area (Å²) in [4.78, 5) is 13.1. The van der Waals surface area contributed by atoms with Crippen LogP contribution in [0.25, 0.3) is 0 Å². The molecule has 4 N–H and O–H groups in total. The Balaban J connectivity index is 1.65. The summed E-state index contributed by atoms with van der Waals surface area (Å²) in [6.07, 6.45) is 0. The number of aromatic carboxylic acids is 1. The van der Waals surface area contributed by atoms with Crippen LogP contribution in [0, 0.1) is 6.92 Å². The van der Waals surface area contributed by atoms with Gasteiger partial charge in [-0.3, -0.25) is 4.72 Å². The number of hydrogen-bond donors (Lipinski definition) is 3. The van der Waals surface area contributed by atoms with Gasteiger partial charge in [0.25, 0.3) is 0 Å². The Labute approximate surface area is 165 Å². The van der Waals surface area contributed by atoms with Crippen molar-refractivity contribution in [3.05, 3.63) is 52.5 Å². The average molecular weight is 415 g/mol. The van der Waals surface area contributed by atoms with Gasteiger partial charge >= 0.3 is 5.97 Å². The van der Waals surface area contributed by atoms with Gasteiger partial charge in [0.2, 0.25) is 0 Å². The molecule has 0 saturated heterocycles. The molecule has 0 radical (unpaired) electrons. The van der Waals surface area contributed by atoms with Crippen molar-refractivity contribution >= 4 is 58.7 Å². The van der Waals surface area contributed by atoms with Gasteiger partial charge in [-0.25, -0.2) is 4.79 Å². The summed E-state index contributed by atoms with van der Waals surface area (Å²) in [5, 5.41) is 10.7.